The zero-order chi connectivity index (χ0) is 16.4. The Bertz CT molecular complexity index is 573. The Hall–Kier alpha value is -0.980. The minimum atomic E-state index is -1.11. The van der Waals surface area contributed by atoms with Crippen LogP contribution in [0.5, 0.6) is 0 Å². The van der Waals surface area contributed by atoms with Gasteiger partial charge >= 0.3 is 12.0 Å². The molecule has 5 nitrogen and oxygen atoms in total. The first-order valence-electron chi connectivity index (χ1n) is 5.98. The molecule has 0 radical (unpaired) electrons. The lowest BCUT2D eigenvalue weighted by Gasteiger charge is -2.27. The second kappa shape index (κ2) is 6.85. The number of halogens is 3. The summed E-state index contributed by atoms with van der Waals surface area (Å²) >= 11 is 15.2. The number of anilines is 1. The van der Waals surface area contributed by atoms with Crippen molar-refractivity contribution >= 4 is 56.8 Å². The summed E-state index contributed by atoms with van der Waals surface area (Å²) in [6, 6.07) is 1.48. The number of amides is 2. The normalized spacial score (nSPS) is 12.7. The molecule has 1 rings (SSSR count). The molecule has 0 bridgehead atoms. The molecular formula is C13H15BrCl2N2O3. The molecule has 1 atom stereocenters. The molecule has 116 valence electrons. The Morgan fingerprint density at radius 1 is 1.24 bits per heavy atom. The van der Waals surface area contributed by atoms with Gasteiger partial charge in [0.2, 0.25) is 0 Å². The van der Waals surface area contributed by atoms with Gasteiger partial charge < -0.3 is 15.7 Å². The number of benzene rings is 1. The van der Waals surface area contributed by atoms with Crippen molar-refractivity contribution in [3.05, 3.63) is 26.7 Å². The molecule has 1 aromatic rings. The lowest BCUT2D eigenvalue weighted by Crippen LogP contribution is -2.50. The third-order valence-electron chi connectivity index (χ3n) is 2.67. The number of carbonyl (C=O) groups is 2. The van der Waals surface area contributed by atoms with Gasteiger partial charge in [-0.25, -0.2) is 9.59 Å². The van der Waals surface area contributed by atoms with Crippen LogP contribution in [0, 0.1) is 5.41 Å². The molecule has 0 aliphatic carbocycles. The summed E-state index contributed by atoms with van der Waals surface area (Å²) < 4.78 is 0.596. The van der Waals surface area contributed by atoms with E-state index in [2.05, 4.69) is 26.6 Å². The van der Waals surface area contributed by atoms with Crippen molar-refractivity contribution in [3.8, 4) is 0 Å². The van der Waals surface area contributed by atoms with Crippen molar-refractivity contribution in [1.29, 1.82) is 0 Å². The Morgan fingerprint density at radius 2 is 1.81 bits per heavy atom. The number of nitrogens with one attached hydrogen (secondary N) is 2. The fourth-order valence-corrected chi connectivity index (χ4v) is 2.38. The average molecular weight is 398 g/mol. The molecule has 0 aliphatic rings. The molecule has 1 aromatic carbocycles. The van der Waals surface area contributed by atoms with Crippen molar-refractivity contribution < 1.29 is 14.7 Å². The number of hydrogen-bond donors (Lipinski definition) is 3. The van der Waals surface area contributed by atoms with Crippen molar-refractivity contribution in [1.82, 2.24) is 5.32 Å². The number of carboxylic acid groups (broad SMARTS) is 1. The van der Waals surface area contributed by atoms with E-state index in [1.54, 1.807) is 32.9 Å². The molecule has 0 saturated carbocycles. The quantitative estimate of drug-likeness (QED) is 0.662. The fraction of sp³-hybridized carbons (Fsp3) is 0.385. The highest BCUT2D eigenvalue weighted by Gasteiger charge is 2.32. The summed E-state index contributed by atoms with van der Waals surface area (Å²) in [7, 11) is 0. The number of carbonyl (C=O) groups excluding carboxylic acids is 1. The first-order valence-corrected chi connectivity index (χ1v) is 7.52. The van der Waals surface area contributed by atoms with Crippen LogP contribution < -0.4 is 10.6 Å². The largest absolute Gasteiger partial charge is 0.480 e. The third-order valence-corrected chi connectivity index (χ3v) is 4.44. The van der Waals surface area contributed by atoms with Crippen molar-refractivity contribution in [2.45, 2.75) is 26.8 Å². The molecule has 0 fully saturated rings. The lowest BCUT2D eigenvalue weighted by atomic mass is 9.87. The van der Waals surface area contributed by atoms with Crippen LogP contribution in [0.25, 0.3) is 0 Å². The minimum Gasteiger partial charge on any atom is -0.480 e. The van der Waals surface area contributed by atoms with Gasteiger partial charge in [0.1, 0.15) is 6.04 Å². The average Bonchev–Trinajstić information content (AvgIpc) is 2.35. The first-order chi connectivity index (χ1) is 9.54. The van der Waals surface area contributed by atoms with E-state index < -0.39 is 23.5 Å². The van der Waals surface area contributed by atoms with E-state index in [1.165, 1.54) is 0 Å². The van der Waals surface area contributed by atoms with E-state index in [4.69, 9.17) is 28.3 Å². The second-order valence-electron chi connectivity index (χ2n) is 5.46. The SMILES string of the molecule is CC(C)(C)[C@H](NC(=O)Nc1ccc(Br)c(Cl)c1Cl)C(=O)O. The van der Waals surface area contributed by atoms with E-state index in [0.717, 1.165) is 0 Å². The van der Waals surface area contributed by atoms with Gasteiger partial charge in [-0.2, -0.15) is 0 Å². The molecule has 0 aliphatic heterocycles. The van der Waals surface area contributed by atoms with E-state index in [0.29, 0.717) is 10.2 Å². The Labute approximate surface area is 141 Å². The Balaban J connectivity index is 2.87. The monoisotopic (exact) mass is 396 g/mol. The maximum absolute atomic E-state index is 11.9. The summed E-state index contributed by atoms with van der Waals surface area (Å²) in [6.45, 7) is 5.15. The number of rotatable bonds is 3. The molecule has 0 saturated heterocycles. The van der Waals surface area contributed by atoms with E-state index in [1.807, 2.05) is 0 Å². The van der Waals surface area contributed by atoms with E-state index in [-0.39, 0.29) is 10.0 Å². The molecule has 21 heavy (non-hydrogen) atoms. The van der Waals surface area contributed by atoms with Crippen LogP contribution in [0.2, 0.25) is 10.0 Å². The summed E-state index contributed by atoms with van der Waals surface area (Å²) in [4.78, 5) is 23.1. The number of aliphatic carboxylic acids is 1. The van der Waals surface area contributed by atoms with Crippen molar-refractivity contribution in [2.24, 2.45) is 5.41 Å². The highest BCUT2D eigenvalue weighted by molar-refractivity contribution is 9.10. The zero-order valence-electron chi connectivity index (χ0n) is 11.6. The summed E-state index contributed by atoms with van der Waals surface area (Å²) in [5, 5.41) is 14.5. The van der Waals surface area contributed by atoms with Gasteiger partial charge in [0.05, 0.1) is 15.7 Å². The van der Waals surface area contributed by atoms with Crippen molar-refractivity contribution in [2.75, 3.05) is 5.32 Å². The zero-order valence-corrected chi connectivity index (χ0v) is 14.7. The minimum absolute atomic E-state index is 0.170. The topological polar surface area (TPSA) is 78.4 Å². The van der Waals surface area contributed by atoms with Gasteiger partial charge in [-0.05, 0) is 33.5 Å². The van der Waals surface area contributed by atoms with Gasteiger partial charge in [-0.1, -0.05) is 44.0 Å². The second-order valence-corrected chi connectivity index (χ2v) is 7.07. The van der Waals surface area contributed by atoms with Gasteiger partial charge in [0.15, 0.2) is 0 Å². The maximum atomic E-state index is 11.9. The smallest absolute Gasteiger partial charge is 0.326 e. The number of urea groups is 1. The van der Waals surface area contributed by atoms with Crippen molar-refractivity contribution in [3.63, 3.8) is 0 Å². The molecule has 0 unspecified atom stereocenters. The van der Waals surface area contributed by atoms with E-state index >= 15 is 0 Å². The highest BCUT2D eigenvalue weighted by atomic mass is 79.9. The standard InChI is InChI=1S/C13H15BrCl2N2O3/c1-13(2,3)10(11(19)20)18-12(21)17-7-5-4-6(14)8(15)9(7)16/h4-5,10H,1-3H3,(H,19,20)(H2,17,18,21)/t10-/m1/s1. The number of carboxylic acids is 1. The highest BCUT2D eigenvalue weighted by Crippen LogP contribution is 2.35. The molecule has 0 heterocycles. The van der Waals surface area contributed by atoms with Crippen LogP contribution in [0.1, 0.15) is 20.8 Å². The van der Waals surface area contributed by atoms with Crippen LogP contribution in [0.3, 0.4) is 0 Å². The first kappa shape index (κ1) is 18.1. The van der Waals surface area contributed by atoms with Crippen LogP contribution >= 0.6 is 39.1 Å². The molecular weight excluding hydrogens is 383 g/mol. The summed E-state index contributed by atoms with van der Waals surface area (Å²) in [5.41, 5.74) is -0.343. The van der Waals surface area contributed by atoms with Crippen LogP contribution in [-0.2, 0) is 4.79 Å². The van der Waals surface area contributed by atoms with Gasteiger partial charge in [0, 0.05) is 4.47 Å². The Kier molecular flexibility index (Phi) is 5.90. The molecule has 3 N–H and O–H groups in total. The molecule has 2 amide bonds. The van der Waals surface area contributed by atoms with Gasteiger partial charge in [0.25, 0.3) is 0 Å². The fourth-order valence-electron chi connectivity index (χ4n) is 1.56. The summed E-state index contributed by atoms with van der Waals surface area (Å²) in [6.07, 6.45) is 0. The van der Waals surface area contributed by atoms with E-state index in [9.17, 15) is 9.59 Å². The van der Waals surface area contributed by atoms with Gasteiger partial charge in [-0.3, -0.25) is 0 Å². The maximum Gasteiger partial charge on any atom is 0.326 e. The third kappa shape index (κ3) is 4.76. The molecule has 8 heteroatoms. The summed E-state index contributed by atoms with van der Waals surface area (Å²) in [5.74, 6) is -1.11. The van der Waals surface area contributed by atoms with Crippen LogP contribution in [0.15, 0.2) is 16.6 Å². The molecule has 0 spiro atoms. The predicted octanol–water partition coefficient (Wildman–Crippen LogP) is 4.38. The predicted molar refractivity (Wildman–Crippen MR) is 87.2 cm³/mol. The van der Waals surface area contributed by atoms with Gasteiger partial charge in [-0.15, -0.1) is 0 Å². The van der Waals surface area contributed by atoms with Crippen LogP contribution in [-0.4, -0.2) is 23.1 Å². The number of hydrogen-bond acceptors (Lipinski definition) is 2. The molecule has 0 aromatic heterocycles. The van der Waals surface area contributed by atoms with Crippen LogP contribution in [0.4, 0.5) is 10.5 Å². The lowest BCUT2D eigenvalue weighted by molar-refractivity contribution is -0.141. The Morgan fingerprint density at radius 3 is 2.29 bits per heavy atom.